The first-order chi connectivity index (χ1) is 11.5. The topological polar surface area (TPSA) is 90.3 Å². The third-order valence-electron chi connectivity index (χ3n) is 4.34. The monoisotopic (exact) mass is 389 g/mol. The number of amides is 1. The Hall–Kier alpha value is -1.27. The molecule has 0 saturated carbocycles. The minimum Gasteiger partial charge on any atom is -0.364 e. The molecule has 12 heteroatoms. The summed E-state index contributed by atoms with van der Waals surface area (Å²) in [5, 5.41) is 13.2. The number of hydrogen-bond acceptors (Lipinski definition) is 5. The smallest absolute Gasteiger partial charge is 0.287 e. The quantitative estimate of drug-likeness (QED) is 0.706. The summed E-state index contributed by atoms with van der Waals surface area (Å²) in [6, 6.07) is 0. The first-order valence-corrected chi connectivity index (χ1v) is 9.31. The fourth-order valence-electron chi connectivity index (χ4n) is 2.87. The zero-order chi connectivity index (χ0) is 19.0. The van der Waals surface area contributed by atoms with Crippen LogP contribution in [0.3, 0.4) is 0 Å². The van der Waals surface area contributed by atoms with Crippen molar-refractivity contribution >= 4 is 21.6 Å². The van der Waals surface area contributed by atoms with Crippen LogP contribution >= 0.6 is 0 Å². The molecule has 0 aromatic heterocycles. The maximum absolute atomic E-state index is 13.2. The van der Waals surface area contributed by atoms with Gasteiger partial charge in [0.15, 0.2) is 0 Å². The van der Waals surface area contributed by atoms with E-state index in [1.54, 1.807) is 0 Å². The normalized spacial score (nSPS) is 28.7. The van der Waals surface area contributed by atoms with Crippen molar-refractivity contribution in [1.82, 2.24) is 9.31 Å². The van der Waals surface area contributed by atoms with E-state index in [0.717, 1.165) is 4.31 Å². The van der Waals surface area contributed by atoms with Crippen LogP contribution in [0.4, 0.5) is 17.6 Å². The van der Waals surface area contributed by atoms with E-state index in [2.05, 4.69) is 5.10 Å². The Morgan fingerprint density at radius 2 is 2.04 bits per heavy atom. The van der Waals surface area contributed by atoms with Gasteiger partial charge in [0.1, 0.15) is 5.71 Å². The summed E-state index contributed by atoms with van der Waals surface area (Å²) in [5.41, 5.74) is -4.15. The van der Waals surface area contributed by atoms with Gasteiger partial charge in [0.2, 0.25) is 21.7 Å². The number of nitrogens with zero attached hydrogens (tertiary/aromatic N) is 3. The number of hydrogen-bond donors (Lipinski definition) is 1. The molecule has 0 spiro atoms. The number of carbonyl (C=O) groups is 1. The van der Waals surface area contributed by atoms with Gasteiger partial charge in [-0.1, -0.05) is 0 Å². The summed E-state index contributed by atoms with van der Waals surface area (Å²) in [7, 11) is -3.58. The lowest BCUT2D eigenvalue weighted by atomic mass is 9.97. The lowest BCUT2D eigenvalue weighted by Crippen LogP contribution is -2.55. The minimum atomic E-state index is -3.58. The van der Waals surface area contributed by atoms with Crippen LogP contribution in [0.5, 0.6) is 0 Å². The molecule has 2 heterocycles. The Morgan fingerprint density at radius 1 is 1.40 bits per heavy atom. The van der Waals surface area contributed by atoms with Gasteiger partial charge in [0, 0.05) is 19.5 Å². The van der Waals surface area contributed by atoms with E-state index < -0.39 is 52.6 Å². The molecule has 0 bridgehead atoms. The van der Waals surface area contributed by atoms with Crippen molar-refractivity contribution in [1.29, 1.82) is 0 Å². The summed E-state index contributed by atoms with van der Waals surface area (Å²) >= 11 is 0. The molecule has 1 amide bonds. The number of piperidine rings is 1. The molecular formula is C13H19F4N3O4S. The van der Waals surface area contributed by atoms with E-state index in [1.165, 1.54) is 6.92 Å². The molecule has 2 atom stereocenters. The zero-order valence-electron chi connectivity index (χ0n) is 13.4. The van der Waals surface area contributed by atoms with Crippen LogP contribution in [-0.2, 0) is 14.8 Å². The molecule has 1 fully saturated rings. The molecule has 7 nitrogen and oxygen atoms in total. The molecule has 0 aliphatic carbocycles. The van der Waals surface area contributed by atoms with E-state index in [1.807, 2.05) is 0 Å². The Bertz CT molecular complexity index is 658. The van der Waals surface area contributed by atoms with E-state index in [4.69, 9.17) is 0 Å². The van der Waals surface area contributed by atoms with Crippen molar-refractivity contribution < 1.29 is 35.9 Å². The summed E-state index contributed by atoms with van der Waals surface area (Å²) in [6.07, 6.45) is -7.36. The molecule has 0 aromatic rings. The van der Waals surface area contributed by atoms with Crippen LogP contribution < -0.4 is 0 Å². The molecule has 0 unspecified atom stereocenters. The van der Waals surface area contributed by atoms with Crippen LogP contribution in [0.2, 0.25) is 0 Å². The predicted molar refractivity (Wildman–Crippen MR) is 79.6 cm³/mol. The first-order valence-electron chi connectivity index (χ1n) is 7.71. The second-order valence-corrected chi connectivity index (χ2v) is 8.25. The van der Waals surface area contributed by atoms with Gasteiger partial charge in [-0.15, -0.1) is 0 Å². The number of alkyl halides is 4. The van der Waals surface area contributed by atoms with Crippen molar-refractivity contribution in [2.45, 2.75) is 44.8 Å². The fourth-order valence-corrected chi connectivity index (χ4v) is 4.05. The molecule has 0 radical (unpaired) electrons. The van der Waals surface area contributed by atoms with Crippen LogP contribution in [0.25, 0.3) is 0 Å². The third kappa shape index (κ3) is 3.80. The maximum Gasteiger partial charge on any atom is 0.287 e. The Morgan fingerprint density at radius 3 is 2.56 bits per heavy atom. The average Bonchev–Trinajstić information content (AvgIpc) is 2.94. The van der Waals surface area contributed by atoms with Crippen LogP contribution in [-0.4, -0.2) is 71.9 Å². The minimum absolute atomic E-state index is 0.00584. The van der Waals surface area contributed by atoms with E-state index in [-0.39, 0.29) is 30.3 Å². The van der Waals surface area contributed by atoms with Crippen LogP contribution in [0.15, 0.2) is 5.10 Å². The summed E-state index contributed by atoms with van der Waals surface area (Å²) < 4.78 is 76.9. The largest absolute Gasteiger partial charge is 0.364 e. The molecule has 2 aliphatic rings. The SMILES string of the molecule is CCS(=O)(=O)N1CCC[C@@H](C(=O)N2N=C(C(F)F)C[C@@]2(O)C(F)F)C1. The maximum atomic E-state index is 13.2. The van der Waals surface area contributed by atoms with Gasteiger partial charge in [0.05, 0.1) is 11.7 Å². The standard InChI is InChI=1S/C13H19F4N3O4S/c1-2-25(23,24)19-5-3-4-8(7-19)11(21)20-13(22,12(16)17)6-9(18-20)10(14)15/h8,10,12,22H,2-7H2,1H3/t8-,13-/m1/s1. The molecular weight excluding hydrogens is 370 g/mol. The Balaban J connectivity index is 2.25. The van der Waals surface area contributed by atoms with Crippen molar-refractivity contribution in [3.63, 3.8) is 0 Å². The average molecular weight is 389 g/mol. The number of aliphatic hydroxyl groups is 1. The van der Waals surface area contributed by atoms with Crippen LogP contribution in [0, 0.1) is 5.92 Å². The Kier molecular flexibility index (Phi) is 5.74. The van der Waals surface area contributed by atoms with E-state index >= 15 is 0 Å². The van der Waals surface area contributed by atoms with Crippen LogP contribution in [0.1, 0.15) is 26.2 Å². The fraction of sp³-hybridized carbons (Fsp3) is 0.846. The number of rotatable bonds is 5. The predicted octanol–water partition coefficient (Wildman–Crippen LogP) is 0.855. The van der Waals surface area contributed by atoms with Gasteiger partial charge >= 0.3 is 0 Å². The van der Waals surface area contributed by atoms with Gasteiger partial charge in [0.25, 0.3) is 12.9 Å². The Labute approximate surface area is 142 Å². The summed E-state index contributed by atoms with van der Waals surface area (Å²) in [4.78, 5) is 12.5. The van der Waals surface area contributed by atoms with Gasteiger partial charge in [-0.2, -0.15) is 10.1 Å². The molecule has 0 aromatic carbocycles. The summed E-state index contributed by atoms with van der Waals surface area (Å²) in [5.74, 6) is -2.32. The second kappa shape index (κ2) is 7.16. The highest BCUT2D eigenvalue weighted by atomic mass is 32.2. The number of hydrazone groups is 1. The van der Waals surface area contributed by atoms with Crippen molar-refractivity contribution in [3.8, 4) is 0 Å². The van der Waals surface area contributed by atoms with Crippen molar-refractivity contribution in [2.24, 2.45) is 11.0 Å². The number of sulfonamides is 1. The van der Waals surface area contributed by atoms with Gasteiger partial charge in [-0.25, -0.2) is 30.3 Å². The van der Waals surface area contributed by atoms with E-state index in [9.17, 15) is 35.9 Å². The highest BCUT2D eigenvalue weighted by Crippen LogP contribution is 2.35. The molecule has 2 aliphatic heterocycles. The van der Waals surface area contributed by atoms with Gasteiger partial charge in [-0.3, -0.25) is 4.79 Å². The van der Waals surface area contributed by atoms with Gasteiger partial charge in [-0.05, 0) is 19.8 Å². The summed E-state index contributed by atoms with van der Waals surface area (Å²) in [6.45, 7) is 1.35. The zero-order valence-corrected chi connectivity index (χ0v) is 14.2. The van der Waals surface area contributed by atoms with Gasteiger partial charge < -0.3 is 5.11 Å². The second-order valence-electron chi connectivity index (χ2n) is 6.00. The lowest BCUT2D eigenvalue weighted by molar-refractivity contribution is -0.195. The molecule has 25 heavy (non-hydrogen) atoms. The number of halogens is 4. The van der Waals surface area contributed by atoms with Crippen molar-refractivity contribution in [2.75, 3.05) is 18.8 Å². The highest BCUT2D eigenvalue weighted by molar-refractivity contribution is 7.89. The number of carbonyl (C=O) groups excluding carboxylic acids is 1. The molecule has 1 N–H and O–H groups in total. The van der Waals surface area contributed by atoms with Crippen molar-refractivity contribution in [3.05, 3.63) is 0 Å². The first kappa shape index (κ1) is 20.0. The van der Waals surface area contributed by atoms with E-state index in [0.29, 0.717) is 6.42 Å². The third-order valence-corrected chi connectivity index (χ3v) is 6.19. The highest BCUT2D eigenvalue weighted by Gasteiger charge is 2.54. The molecule has 2 rings (SSSR count). The molecule has 1 saturated heterocycles. The lowest BCUT2D eigenvalue weighted by Gasteiger charge is -2.36. The molecule has 144 valence electrons.